The van der Waals surface area contributed by atoms with Gasteiger partial charge in [-0.2, -0.15) is 4.68 Å². The number of allylic oxidation sites excluding steroid dienone is 1. The Kier molecular flexibility index (Phi) is 4.73. The Hall–Kier alpha value is -3.75. The molecule has 0 radical (unpaired) electrons. The molecule has 3 aromatic rings. The molecule has 0 saturated carbocycles. The summed E-state index contributed by atoms with van der Waals surface area (Å²) in [5.74, 6) is -0.827. The standard InChI is InChI=1S/C21H21N5O4/c1-21(2,3)13-9-7-12(8-10-13)17-15(18(27)14-6-5-11-30-14)16(19(28)29-4)22-20-23-24-25-26(17)20/h5-11,17H,1-4H3,(H,22,23,25)/t17-/m0/s1. The number of carbonyl (C=O) groups is 2. The number of hydrogen-bond donors (Lipinski definition) is 1. The zero-order chi connectivity index (χ0) is 21.5. The molecule has 0 unspecified atom stereocenters. The number of ether oxygens (including phenoxy) is 1. The van der Waals surface area contributed by atoms with Crippen LogP contribution in [0.1, 0.15) is 48.5 Å². The van der Waals surface area contributed by atoms with E-state index in [0.717, 1.165) is 11.1 Å². The molecule has 0 bridgehead atoms. The predicted octanol–water partition coefficient (Wildman–Crippen LogP) is 2.89. The van der Waals surface area contributed by atoms with E-state index < -0.39 is 17.8 Å². The number of hydrogen-bond acceptors (Lipinski definition) is 8. The second-order valence-corrected chi connectivity index (χ2v) is 7.93. The fourth-order valence-electron chi connectivity index (χ4n) is 3.40. The minimum atomic E-state index is -0.739. The number of tetrazole rings is 1. The first-order valence-corrected chi connectivity index (χ1v) is 9.37. The molecule has 0 amide bonds. The number of fused-ring (bicyclic) bond motifs is 1. The maximum Gasteiger partial charge on any atom is 0.355 e. The Morgan fingerprint density at radius 1 is 1.17 bits per heavy atom. The molecule has 3 heterocycles. The molecule has 1 atom stereocenters. The average molecular weight is 407 g/mol. The fraction of sp³-hybridized carbons (Fsp3) is 0.286. The largest absolute Gasteiger partial charge is 0.464 e. The zero-order valence-corrected chi connectivity index (χ0v) is 17.0. The second kappa shape index (κ2) is 7.25. The van der Waals surface area contributed by atoms with Crippen molar-refractivity contribution in [2.45, 2.75) is 32.2 Å². The Balaban J connectivity index is 1.91. The summed E-state index contributed by atoms with van der Waals surface area (Å²) in [6.45, 7) is 6.35. The van der Waals surface area contributed by atoms with Crippen molar-refractivity contribution in [1.29, 1.82) is 0 Å². The molecule has 0 aliphatic carbocycles. The van der Waals surface area contributed by atoms with Crippen LogP contribution < -0.4 is 5.32 Å². The smallest absolute Gasteiger partial charge is 0.355 e. The van der Waals surface area contributed by atoms with Gasteiger partial charge in [-0.1, -0.05) is 50.1 Å². The number of benzene rings is 1. The summed E-state index contributed by atoms with van der Waals surface area (Å²) in [5, 5.41) is 14.5. The van der Waals surface area contributed by atoms with Crippen LogP contribution in [-0.2, 0) is 14.9 Å². The van der Waals surface area contributed by atoms with Crippen LogP contribution >= 0.6 is 0 Å². The fourth-order valence-corrected chi connectivity index (χ4v) is 3.40. The highest BCUT2D eigenvalue weighted by Gasteiger charge is 2.39. The lowest BCUT2D eigenvalue weighted by molar-refractivity contribution is -0.136. The van der Waals surface area contributed by atoms with Gasteiger partial charge >= 0.3 is 5.97 Å². The van der Waals surface area contributed by atoms with Crippen molar-refractivity contribution in [2.24, 2.45) is 0 Å². The molecule has 0 fully saturated rings. The van der Waals surface area contributed by atoms with E-state index in [1.165, 1.54) is 18.1 Å². The first kappa shape index (κ1) is 19.6. The lowest BCUT2D eigenvalue weighted by Crippen LogP contribution is -2.32. The quantitative estimate of drug-likeness (QED) is 0.519. The van der Waals surface area contributed by atoms with E-state index in [9.17, 15) is 9.59 Å². The van der Waals surface area contributed by atoms with Crippen LogP contribution in [0.3, 0.4) is 0 Å². The second-order valence-electron chi connectivity index (χ2n) is 7.93. The maximum absolute atomic E-state index is 13.4. The van der Waals surface area contributed by atoms with Crippen molar-refractivity contribution in [3.63, 3.8) is 0 Å². The first-order chi connectivity index (χ1) is 14.3. The third-order valence-corrected chi connectivity index (χ3v) is 4.99. The van der Waals surface area contributed by atoms with Gasteiger partial charge in [0.25, 0.3) is 0 Å². The normalized spacial score (nSPS) is 16.1. The van der Waals surface area contributed by atoms with Crippen LogP contribution in [0.4, 0.5) is 5.95 Å². The molecule has 1 aromatic carbocycles. The monoisotopic (exact) mass is 407 g/mol. The number of nitrogens with zero attached hydrogens (tertiary/aromatic N) is 4. The molecule has 154 valence electrons. The molecule has 0 spiro atoms. The van der Waals surface area contributed by atoms with E-state index in [4.69, 9.17) is 9.15 Å². The average Bonchev–Trinajstić information content (AvgIpc) is 3.42. The van der Waals surface area contributed by atoms with Gasteiger partial charge in [-0.3, -0.25) is 4.79 Å². The van der Waals surface area contributed by atoms with Crippen LogP contribution in [0.15, 0.2) is 58.3 Å². The SMILES string of the molecule is COC(=O)C1=C(C(=O)c2ccco2)[C@H](c2ccc(C(C)(C)C)cc2)n2nnnc2N1. The van der Waals surface area contributed by atoms with Crippen molar-refractivity contribution in [2.75, 3.05) is 12.4 Å². The van der Waals surface area contributed by atoms with Gasteiger partial charge in [0.05, 0.1) is 18.9 Å². The summed E-state index contributed by atoms with van der Waals surface area (Å²) in [4.78, 5) is 25.9. The molecule has 1 N–H and O–H groups in total. The minimum Gasteiger partial charge on any atom is -0.464 e. The summed E-state index contributed by atoms with van der Waals surface area (Å²) in [6, 6.07) is 10.2. The highest BCUT2D eigenvalue weighted by molar-refractivity contribution is 6.13. The molecule has 1 aliphatic heterocycles. The number of furan rings is 1. The number of esters is 1. The number of methoxy groups -OCH3 is 1. The lowest BCUT2D eigenvalue weighted by atomic mass is 9.85. The van der Waals surface area contributed by atoms with Crippen molar-refractivity contribution in [3.05, 3.63) is 70.8 Å². The van der Waals surface area contributed by atoms with Crippen molar-refractivity contribution < 1.29 is 18.7 Å². The lowest BCUT2D eigenvalue weighted by Gasteiger charge is -2.28. The van der Waals surface area contributed by atoms with Crippen molar-refractivity contribution in [1.82, 2.24) is 20.2 Å². The van der Waals surface area contributed by atoms with Crippen LogP contribution in [0.2, 0.25) is 0 Å². The van der Waals surface area contributed by atoms with Gasteiger partial charge in [-0.25, -0.2) is 4.79 Å². The van der Waals surface area contributed by atoms with Gasteiger partial charge < -0.3 is 14.5 Å². The highest BCUT2D eigenvalue weighted by atomic mass is 16.5. The Bertz CT molecular complexity index is 1120. The van der Waals surface area contributed by atoms with Gasteiger partial charge in [0, 0.05) is 0 Å². The molecule has 1 aliphatic rings. The van der Waals surface area contributed by atoms with Crippen LogP contribution in [-0.4, -0.2) is 39.1 Å². The predicted molar refractivity (Wildman–Crippen MR) is 107 cm³/mol. The third-order valence-electron chi connectivity index (χ3n) is 4.99. The van der Waals surface area contributed by atoms with E-state index in [2.05, 4.69) is 41.6 Å². The van der Waals surface area contributed by atoms with Gasteiger partial charge in [-0.15, -0.1) is 0 Å². The molecular weight excluding hydrogens is 386 g/mol. The summed E-state index contributed by atoms with van der Waals surface area (Å²) in [5.41, 5.74) is 1.96. The van der Waals surface area contributed by atoms with Crippen LogP contribution in [0.5, 0.6) is 0 Å². The van der Waals surface area contributed by atoms with Crippen molar-refractivity contribution >= 4 is 17.7 Å². The number of aromatic nitrogens is 4. The summed E-state index contributed by atoms with van der Waals surface area (Å²) in [6.07, 6.45) is 1.40. The molecule has 9 nitrogen and oxygen atoms in total. The minimum absolute atomic E-state index is 0.0221. The Morgan fingerprint density at radius 3 is 2.50 bits per heavy atom. The van der Waals surface area contributed by atoms with Gasteiger partial charge in [0.1, 0.15) is 11.7 Å². The zero-order valence-electron chi connectivity index (χ0n) is 17.0. The number of rotatable bonds is 4. The number of Topliss-reactive ketones (excluding diaryl/α,β-unsaturated/α-hetero) is 1. The van der Waals surface area contributed by atoms with E-state index in [1.807, 2.05) is 24.3 Å². The van der Waals surface area contributed by atoms with E-state index in [-0.39, 0.29) is 28.4 Å². The first-order valence-electron chi connectivity index (χ1n) is 9.37. The third kappa shape index (κ3) is 3.28. The van der Waals surface area contributed by atoms with Gasteiger partial charge in [-0.05, 0) is 39.1 Å². The summed E-state index contributed by atoms with van der Waals surface area (Å²) >= 11 is 0. The Morgan fingerprint density at radius 2 is 1.90 bits per heavy atom. The summed E-state index contributed by atoms with van der Waals surface area (Å²) in [7, 11) is 1.25. The molecule has 30 heavy (non-hydrogen) atoms. The summed E-state index contributed by atoms with van der Waals surface area (Å²) < 4.78 is 11.7. The molecule has 9 heteroatoms. The number of ketones is 1. The number of carbonyl (C=O) groups excluding carboxylic acids is 2. The Labute approximate surface area is 172 Å². The van der Waals surface area contributed by atoms with Gasteiger partial charge in [0.15, 0.2) is 5.76 Å². The topological polar surface area (TPSA) is 112 Å². The van der Waals surface area contributed by atoms with Crippen LogP contribution in [0.25, 0.3) is 0 Å². The molecular formula is C21H21N5O4. The van der Waals surface area contributed by atoms with Gasteiger partial charge in [0.2, 0.25) is 11.7 Å². The number of nitrogens with one attached hydrogen (secondary N) is 1. The van der Waals surface area contributed by atoms with Crippen molar-refractivity contribution in [3.8, 4) is 0 Å². The number of anilines is 1. The molecule has 2 aromatic heterocycles. The van der Waals surface area contributed by atoms with E-state index in [1.54, 1.807) is 12.1 Å². The van der Waals surface area contributed by atoms with E-state index in [0.29, 0.717) is 0 Å². The van der Waals surface area contributed by atoms with Crippen LogP contribution in [0, 0.1) is 0 Å². The molecule has 0 saturated heterocycles. The molecule has 4 rings (SSSR count). The van der Waals surface area contributed by atoms with E-state index >= 15 is 0 Å². The highest BCUT2D eigenvalue weighted by Crippen LogP contribution is 2.37. The maximum atomic E-state index is 13.4.